The molecule has 0 spiro atoms. The molecule has 2 aromatic heterocycles. The Hall–Kier alpha value is -3.68. The summed E-state index contributed by atoms with van der Waals surface area (Å²) in [7, 11) is 0. The van der Waals surface area contributed by atoms with Crippen LogP contribution in [0.25, 0.3) is 32.7 Å². The molecule has 5 aromatic rings. The van der Waals surface area contributed by atoms with E-state index in [1.54, 1.807) is 30.5 Å². The molecule has 1 aliphatic rings. The minimum absolute atomic E-state index is 0. The maximum absolute atomic E-state index is 12.3. The van der Waals surface area contributed by atoms with Crippen LogP contribution in [0.2, 0.25) is 0 Å². The third-order valence-electron chi connectivity index (χ3n) is 4.76. The number of aromatic hydroxyl groups is 1. The summed E-state index contributed by atoms with van der Waals surface area (Å²) in [5.41, 5.74) is 2.40. The predicted octanol–water partition coefficient (Wildman–Crippen LogP) is 3.45. The van der Waals surface area contributed by atoms with Crippen molar-refractivity contribution in [3.8, 4) is 5.75 Å². The minimum Gasteiger partial charge on any atom is -0.214 e. The first kappa shape index (κ1) is 22.0. The normalized spacial score (nSPS) is 11.7. The number of nitrogens with zero attached hydrogens (tertiary/aromatic N) is 2. The first-order valence-electron chi connectivity index (χ1n) is 8.88. The number of phenolic OH excluding ortho intramolecular Hbond substituents is 1. The van der Waals surface area contributed by atoms with Crippen LogP contribution >= 0.6 is 0 Å². The molecule has 6 rings (SSSR count). The van der Waals surface area contributed by atoms with Crippen LogP contribution in [0.3, 0.4) is 0 Å². The minimum atomic E-state index is -0.446. The summed E-state index contributed by atoms with van der Waals surface area (Å²) in [4.78, 5) is 33.5. The molecule has 3 aromatic carbocycles. The molecule has 31 heavy (non-hydrogen) atoms. The van der Waals surface area contributed by atoms with Crippen molar-refractivity contribution in [2.24, 2.45) is 0 Å². The van der Waals surface area contributed by atoms with Gasteiger partial charge in [0.1, 0.15) is 5.75 Å². The van der Waals surface area contributed by atoms with E-state index in [-0.39, 0.29) is 25.5 Å². The third-order valence-corrected chi connectivity index (χ3v) is 4.76. The summed E-state index contributed by atoms with van der Waals surface area (Å²) in [5.74, 6) is -0.802. The fourth-order valence-electron chi connectivity index (χ4n) is 3.62. The fraction of sp³-hybridized carbons (Fsp3) is 0. The predicted molar refractivity (Wildman–Crippen MR) is 110 cm³/mol. The molecule has 0 fully saturated rings. The Kier molecular flexibility index (Phi) is 6.38. The Morgan fingerprint density at radius 1 is 1.00 bits per heavy atom. The van der Waals surface area contributed by atoms with E-state index in [0.29, 0.717) is 43.8 Å². The Labute approximate surface area is 189 Å². The van der Waals surface area contributed by atoms with E-state index < -0.39 is 11.8 Å². The molecule has 0 atom stereocenters. The number of hydrogen-bond acceptors (Lipinski definition) is 4. The van der Waals surface area contributed by atoms with Crippen LogP contribution in [0.4, 0.5) is 0 Å². The standard InChI is InChI=1S/C17H9N3O3.C5H5.CO.Os/c21-7-3-4-10-9(6-7)11-13-12(16(22)20-17(13)23)8-2-1-5-18-14(8)15(11)19-10;1-2-4-5-3-1;1-2;/h1-6H,(H3,18,19,20,21,22,23);1-5H;;/q;-1;;+7/p-1. The van der Waals surface area contributed by atoms with Gasteiger partial charge in [0.05, 0.1) is 16.6 Å². The van der Waals surface area contributed by atoms with Crippen molar-refractivity contribution >= 4 is 44.5 Å². The average Bonchev–Trinajstić information content (AvgIpc) is 3.50. The van der Waals surface area contributed by atoms with Crippen LogP contribution in [-0.2, 0) is 24.4 Å². The quantitative estimate of drug-likeness (QED) is 0.164. The summed E-state index contributed by atoms with van der Waals surface area (Å²) in [6.45, 7) is 4.50. The Morgan fingerprint density at radius 3 is 2.39 bits per heavy atom. The molecule has 8 heteroatoms. The smallest absolute Gasteiger partial charge is 0.214 e. The van der Waals surface area contributed by atoms with Crippen LogP contribution in [0.1, 0.15) is 20.7 Å². The van der Waals surface area contributed by atoms with Gasteiger partial charge in [-0.05, 0) is 29.0 Å². The molecule has 7 nitrogen and oxygen atoms in total. The second kappa shape index (κ2) is 8.99. The molecule has 0 bridgehead atoms. The maximum atomic E-state index is 12.3. The second-order valence-electron chi connectivity index (χ2n) is 6.43. The van der Waals surface area contributed by atoms with Crippen molar-refractivity contribution in [2.45, 2.75) is 0 Å². The number of fused-ring (bicyclic) bond motifs is 8. The van der Waals surface area contributed by atoms with E-state index >= 15 is 0 Å². The number of rotatable bonds is 0. The largest absolute Gasteiger partial charge is 7.00 e. The van der Waals surface area contributed by atoms with Crippen LogP contribution in [0.5, 0.6) is 5.75 Å². The molecular formula is C23H13N3O4Os+5. The number of amides is 2. The van der Waals surface area contributed by atoms with Crippen LogP contribution in [0, 0.1) is 6.65 Å². The van der Waals surface area contributed by atoms with Gasteiger partial charge in [-0.3, -0.25) is 19.9 Å². The molecule has 1 radical (unpaired) electrons. The van der Waals surface area contributed by atoms with Crippen molar-refractivity contribution < 1.29 is 39.1 Å². The number of aromatic nitrogens is 2. The van der Waals surface area contributed by atoms with Crippen molar-refractivity contribution in [1.29, 1.82) is 0 Å². The number of carbonyl (C=O) groups excluding carboxylic acids is 2. The molecule has 2 N–H and O–H groups in total. The number of carbonyl (C=O) groups is 2. The first-order chi connectivity index (χ1) is 14.6. The van der Waals surface area contributed by atoms with Gasteiger partial charge in [0.2, 0.25) is 0 Å². The third kappa shape index (κ3) is 3.65. The maximum Gasteiger partial charge on any atom is 7.00 e. The molecule has 147 valence electrons. The SMILES string of the molecule is O=C1NC(=O)c2c1c1cccnc1c1[n-]c3ccc(O)cc3c21.[C-]#[O+].[Os+7].c1cc[cH-]c1. The zero-order valence-corrected chi connectivity index (χ0v) is 18.3. The topological polar surface area (TPSA) is 113 Å². The van der Waals surface area contributed by atoms with Crippen molar-refractivity contribution in [2.75, 3.05) is 0 Å². The molecule has 0 unspecified atom stereocenters. The molecule has 3 heterocycles. The monoisotopic (exact) mass is 587 g/mol. The van der Waals surface area contributed by atoms with Crippen LogP contribution in [-0.4, -0.2) is 21.9 Å². The van der Waals surface area contributed by atoms with Gasteiger partial charge in [-0.1, -0.05) is 12.1 Å². The van der Waals surface area contributed by atoms with Crippen molar-refractivity contribution in [1.82, 2.24) is 15.3 Å². The second-order valence-corrected chi connectivity index (χ2v) is 6.43. The zero-order valence-electron chi connectivity index (χ0n) is 15.8. The first-order valence-corrected chi connectivity index (χ1v) is 8.88. The Balaban J connectivity index is 0.000000297. The Morgan fingerprint density at radius 2 is 1.71 bits per heavy atom. The van der Waals surface area contributed by atoms with E-state index in [0.717, 1.165) is 0 Å². The van der Waals surface area contributed by atoms with Gasteiger partial charge in [0.15, 0.2) is 0 Å². The molecule has 1 aliphatic heterocycles. The molecule has 2 amide bonds. The molecular weight excluding hydrogens is 572 g/mol. The van der Waals surface area contributed by atoms with Gasteiger partial charge >= 0.3 is 31.1 Å². The summed E-state index contributed by atoms with van der Waals surface area (Å²) in [6.07, 6.45) is 1.62. The van der Waals surface area contributed by atoms with E-state index in [2.05, 4.69) is 21.9 Å². The number of pyridine rings is 1. The number of hydrogen-bond donors (Lipinski definition) is 2. The average molecular weight is 586 g/mol. The zero-order chi connectivity index (χ0) is 21.3. The number of nitrogens with one attached hydrogen (secondary N) is 1. The summed E-state index contributed by atoms with van der Waals surface area (Å²) in [6, 6.07) is 18.3. The van der Waals surface area contributed by atoms with E-state index in [9.17, 15) is 14.7 Å². The molecule has 0 aliphatic carbocycles. The fourth-order valence-corrected chi connectivity index (χ4v) is 3.62. The van der Waals surface area contributed by atoms with Gasteiger partial charge in [-0.15, -0.1) is 11.0 Å². The van der Waals surface area contributed by atoms with E-state index in [4.69, 9.17) is 4.65 Å². The van der Waals surface area contributed by atoms with Crippen molar-refractivity contribution in [3.63, 3.8) is 0 Å². The van der Waals surface area contributed by atoms with Gasteiger partial charge in [0.25, 0.3) is 11.8 Å². The summed E-state index contributed by atoms with van der Waals surface area (Å²) < 4.78 is 7.50. The van der Waals surface area contributed by atoms with E-state index in [1.165, 1.54) is 6.07 Å². The van der Waals surface area contributed by atoms with Crippen LogP contribution in [0.15, 0.2) is 66.9 Å². The molecule has 0 saturated carbocycles. The van der Waals surface area contributed by atoms with Crippen LogP contribution < -0.4 is 10.3 Å². The number of benzene rings is 2. The molecule has 0 saturated heterocycles. The van der Waals surface area contributed by atoms with E-state index in [1.807, 2.05) is 30.3 Å². The van der Waals surface area contributed by atoms with Gasteiger partial charge < -0.3 is 10.1 Å². The number of imide groups is 1. The van der Waals surface area contributed by atoms with Crippen molar-refractivity contribution in [3.05, 3.63) is 84.6 Å². The summed E-state index contributed by atoms with van der Waals surface area (Å²) >= 11 is 0. The van der Waals surface area contributed by atoms with Gasteiger partial charge in [-0.25, -0.2) is 12.1 Å². The van der Waals surface area contributed by atoms with Gasteiger partial charge in [0, 0.05) is 11.6 Å². The summed E-state index contributed by atoms with van der Waals surface area (Å²) in [5, 5.41) is 13.9. The van der Waals surface area contributed by atoms with Gasteiger partial charge in [-0.2, -0.15) is 18.2 Å². The Bertz CT molecular complexity index is 1420. The number of phenols is 1.